The number of furan rings is 1. The third-order valence-electron chi connectivity index (χ3n) is 5.81. The van der Waals surface area contributed by atoms with Crippen LogP contribution in [0.1, 0.15) is 20.9 Å². The summed E-state index contributed by atoms with van der Waals surface area (Å²) in [5.41, 5.74) is 3.06. The van der Waals surface area contributed by atoms with E-state index in [1.54, 1.807) is 38.6 Å². The summed E-state index contributed by atoms with van der Waals surface area (Å²) in [6.07, 6.45) is 1.68. The smallest absolute Gasteiger partial charge is 0.251 e. The number of benzene rings is 2. The maximum Gasteiger partial charge on any atom is 0.251 e. The van der Waals surface area contributed by atoms with Gasteiger partial charge in [-0.2, -0.15) is 5.10 Å². The van der Waals surface area contributed by atoms with Gasteiger partial charge in [-0.05, 0) is 25.1 Å². The molecule has 0 radical (unpaired) electrons. The minimum absolute atomic E-state index is 0.143. The average Bonchev–Trinajstić information content (AvgIpc) is 3.66. The first-order chi connectivity index (χ1) is 18.9. The zero-order valence-corrected chi connectivity index (χ0v) is 23.0. The molecule has 5 rings (SSSR count). The van der Waals surface area contributed by atoms with E-state index in [-0.39, 0.29) is 12.5 Å². The molecule has 0 aliphatic carbocycles. The molecule has 0 unspecified atom stereocenters. The molecule has 0 aliphatic heterocycles. The number of carbonyl (C=O) groups is 1. The number of rotatable bonds is 10. The third-order valence-corrected chi connectivity index (χ3v) is 7.76. The number of carbonyl (C=O) groups excluding carboxylic acids is 1. The van der Waals surface area contributed by atoms with E-state index >= 15 is 0 Å². The van der Waals surface area contributed by atoms with Crippen molar-refractivity contribution in [2.45, 2.75) is 18.7 Å². The normalized spacial score (nSPS) is 11.2. The molecule has 0 spiro atoms. The summed E-state index contributed by atoms with van der Waals surface area (Å²) in [7, 11) is 3.19. The molecule has 0 saturated heterocycles. The molecular formula is C27H24FN5O4S2. The van der Waals surface area contributed by atoms with Gasteiger partial charge in [0.2, 0.25) is 0 Å². The lowest BCUT2D eigenvalue weighted by Gasteiger charge is -2.06. The second kappa shape index (κ2) is 11.4. The number of amides is 1. The topological polar surface area (TPSA) is 104 Å². The molecule has 2 aromatic carbocycles. The summed E-state index contributed by atoms with van der Waals surface area (Å²) in [5.74, 6) is 0.536. The molecule has 0 fully saturated rings. The van der Waals surface area contributed by atoms with Crippen LogP contribution in [0.25, 0.3) is 33.0 Å². The predicted octanol–water partition coefficient (Wildman–Crippen LogP) is 5.97. The molecule has 12 heteroatoms. The number of hydrogen-bond donors (Lipinski definition) is 1. The summed E-state index contributed by atoms with van der Waals surface area (Å²) in [6, 6.07) is 11.6. The van der Waals surface area contributed by atoms with Crippen molar-refractivity contribution >= 4 is 46.7 Å². The van der Waals surface area contributed by atoms with Crippen molar-refractivity contribution in [1.82, 2.24) is 20.0 Å². The van der Waals surface area contributed by atoms with Crippen LogP contribution in [0.15, 0.2) is 63.3 Å². The molecule has 3 heterocycles. The van der Waals surface area contributed by atoms with Gasteiger partial charge >= 0.3 is 0 Å². The molecule has 1 N–H and O–H groups in total. The average molecular weight is 566 g/mol. The van der Waals surface area contributed by atoms with Gasteiger partial charge < -0.3 is 19.2 Å². The number of hydrogen-bond acceptors (Lipinski definition) is 9. The maximum atomic E-state index is 14.5. The Morgan fingerprint density at radius 3 is 2.77 bits per heavy atom. The number of aromatic nitrogens is 3. The van der Waals surface area contributed by atoms with Crippen molar-refractivity contribution in [3.05, 3.63) is 70.6 Å². The summed E-state index contributed by atoms with van der Waals surface area (Å²) in [5, 5.41) is 8.55. The van der Waals surface area contributed by atoms with Gasteiger partial charge in [-0.1, -0.05) is 23.9 Å². The Morgan fingerprint density at radius 1 is 1.26 bits per heavy atom. The number of thioether (sulfide) groups is 1. The van der Waals surface area contributed by atoms with E-state index in [1.807, 2.05) is 19.1 Å². The molecule has 0 saturated carbocycles. The number of nitrogens with zero attached hydrogens (tertiary/aromatic N) is 4. The van der Waals surface area contributed by atoms with Crippen LogP contribution in [0.4, 0.5) is 4.39 Å². The summed E-state index contributed by atoms with van der Waals surface area (Å²) >= 11 is 2.88. The van der Waals surface area contributed by atoms with Gasteiger partial charge in [0.05, 0.1) is 23.2 Å². The van der Waals surface area contributed by atoms with E-state index < -0.39 is 5.82 Å². The lowest BCUT2D eigenvalue weighted by Crippen LogP contribution is -2.17. The van der Waals surface area contributed by atoms with Crippen LogP contribution in [-0.2, 0) is 11.3 Å². The van der Waals surface area contributed by atoms with Crippen LogP contribution in [0, 0.1) is 12.7 Å². The first-order valence-corrected chi connectivity index (χ1v) is 13.5. The Hall–Kier alpha value is -4.00. The molecule has 200 valence electrons. The number of methoxy groups -OCH3 is 1. The standard InChI is InChI=1S/C27H24FN5O4S2/c1-15-21(31-26(39-15)17-7-5-16(6-8-17)25(34)29-2)13-36-22-9-18(28)10-23-19(22)11-24(37-23)20-12-33(30-3)27(32-20)38-14-35-4/h5-12H,3,13-14H2,1-2,4H3,(H,29,34). The first-order valence-electron chi connectivity index (χ1n) is 11.7. The minimum atomic E-state index is -0.486. The van der Waals surface area contributed by atoms with E-state index in [9.17, 15) is 9.18 Å². The highest BCUT2D eigenvalue weighted by atomic mass is 32.2. The van der Waals surface area contributed by atoms with Crippen molar-refractivity contribution in [1.29, 1.82) is 0 Å². The highest BCUT2D eigenvalue weighted by Crippen LogP contribution is 2.36. The SMILES string of the molecule is C=Nn1cc(-c2cc3c(OCc4nc(-c5ccc(C(=O)NC)cc5)sc4C)cc(F)cc3o2)nc1SCOC. The fourth-order valence-electron chi connectivity index (χ4n) is 3.84. The predicted molar refractivity (Wildman–Crippen MR) is 150 cm³/mol. The van der Waals surface area contributed by atoms with Crippen LogP contribution in [0.3, 0.4) is 0 Å². The van der Waals surface area contributed by atoms with Gasteiger partial charge in [-0.3, -0.25) is 4.79 Å². The van der Waals surface area contributed by atoms with Crippen LogP contribution >= 0.6 is 23.1 Å². The largest absolute Gasteiger partial charge is 0.486 e. The molecule has 5 aromatic rings. The lowest BCUT2D eigenvalue weighted by atomic mass is 10.1. The Bertz CT molecular complexity index is 1660. The second-order valence-corrected chi connectivity index (χ2v) is 10.4. The minimum Gasteiger partial charge on any atom is -0.486 e. The molecule has 39 heavy (non-hydrogen) atoms. The van der Waals surface area contributed by atoms with Gasteiger partial charge in [0.15, 0.2) is 10.9 Å². The van der Waals surface area contributed by atoms with Crippen LogP contribution < -0.4 is 10.1 Å². The number of halogens is 1. The molecule has 1 amide bonds. The van der Waals surface area contributed by atoms with E-state index in [0.717, 1.165) is 21.1 Å². The van der Waals surface area contributed by atoms with E-state index in [2.05, 4.69) is 22.1 Å². The van der Waals surface area contributed by atoms with Gasteiger partial charge in [-0.15, -0.1) is 11.3 Å². The van der Waals surface area contributed by atoms with E-state index in [1.165, 1.54) is 39.9 Å². The highest BCUT2D eigenvalue weighted by molar-refractivity contribution is 7.99. The van der Waals surface area contributed by atoms with Gasteiger partial charge in [0.1, 0.15) is 34.5 Å². The molecule has 0 aliphatic rings. The Morgan fingerprint density at radius 2 is 2.05 bits per heavy atom. The van der Waals surface area contributed by atoms with E-state index in [0.29, 0.717) is 44.8 Å². The molecule has 0 bridgehead atoms. The monoisotopic (exact) mass is 565 g/mol. The van der Waals surface area contributed by atoms with Crippen molar-refractivity contribution in [3.63, 3.8) is 0 Å². The number of fused-ring (bicyclic) bond motifs is 1. The van der Waals surface area contributed by atoms with Gasteiger partial charge in [-0.25, -0.2) is 19.0 Å². The number of imidazole rings is 1. The summed E-state index contributed by atoms with van der Waals surface area (Å²) in [4.78, 5) is 22.1. The van der Waals surface area contributed by atoms with Crippen molar-refractivity contribution in [2.75, 3.05) is 20.1 Å². The van der Waals surface area contributed by atoms with Crippen molar-refractivity contribution in [3.8, 4) is 27.8 Å². The Balaban J connectivity index is 1.38. The number of ether oxygens (including phenoxy) is 2. The van der Waals surface area contributed by atoms with Gasteiger partial charge in [0, 0.05) is 49.0 Å². The lowest BCUT2D eigenvalue weighted by molar-refractivity contribution is 0.0963. The number of nitrogens with one attached hydrogen (secondary N) is 1. The molecular weight excluding hydrogens is 541 g/mol. The van der Waals surface area contributed by atoms with Crippen LogP contribution in [0.5, 0.6) is 5.75 Å². The second-order valence-electron chi connectivity index (χ2n) is 8.34. The Labute approximate surface area is 231 Å². The number of thiazole rings is 1. The Kier molecular flexibility index (Phi) is 7.77. The zero-order valence-electron chi connectivity index (χ0n) is 21.4. The van der Waals surface area contributed by atoms with Crippen LogP contribution in [-0.4, -0.2) is 47.4 Å². The fourth-order valence-corrected chi connectivity index (χ4v) is 5.40. The zero-order chi connectivity index (χ0) is 27.5. The molecule has 9 nitrogen and oxygen atoms in total. The summed E-state index contributed by atoms with van der Waals surface area (Å²) < 4.78 is 33.1. The fraction of sp³-hybridized carbons (Fsp3) is 0.185. The summed E-state index contributed by atoms with van der Waals surface area (Å²) in [6.45, 7) is 5.67. The van der Waals surface area contributed by atoms with Crippen molar-refractivity contribution in [2.24, 2.45) is 5.10 Å². The number of aryl methyl sites for hydroxylation is 1. The highest BCUT2D eigenvalue weighted by Gasteiger charge is 2.18. The maximum absolute atomic E-state index is 14.5. The van der Waals surface area contributed by atoms with Crippen molar-refractivity contribution < 1.29 is 23.1 Å². The van der Waals surface area contributed by atoms with Crippen LogP contribution in [0.2, 0.25) is 0 Å². The van der Waals surface area contributed by atoms with E-state index in [4.69, 9.17) is 18.9 Å². The third kappa shape index (κ3) is 5.58. The quantitative estimate of drug-likeness (QED) is 0.126. The molecule has 3 aromatic heterocycles. The molecule has 0 atom stereocenters. The van der Waals surface area contributed by atoms with Gasteiger partial charge in [0.25, 0.3) is 5.91 Å². The first kappa shape index (κ1) is 26.6.